The quantitative estimate of drug-likeness (QED) is 0.764. The molecule has 2 fully saturated rings. The van der Waals surface area contributed by atoms with Crippen molar-refractivity contribution in [2.45, 2.75) is 18.9 Å². The third-order valence-electron chi connectivity index (χ3n) is 6.01. The van der Waals surface area contributed by atoms with Crippen LogP contribution in [0.25, 0.3) is 0 Å². The van der Waals surface area contributed by atoms with Crippen molar-refractivity contribution in [2.75, 3.05) is 51.3 Å². The van der Waals surface area contributed by atoms with Crippen molar-refractivity contribution in [1.29, 1.82) is 0 Å². The van der Waals surface area contributed by atoms with Gasteiger partial charge >= 0.3 is 0 Å². The van der Waals surface area contributed by atoms with E-state index in [2.05, 4.69) is 21.9 Å². The number of amides is 1. The number of halogens is 1. The fourth-order valence-electron chi connectivity index (χ4n) is 4.46. The average molecular weight is 414 g/mol. The van der Waals surface area contributed by atoms with Crippen molar-refractivity contribution in [1.82, 2.24) is 9.80 Å². The van der Waals surface area contributed by atoms with E-state index >= 15 is 0 Å². The van der Waals surface area contributed by atoms with Crippen molar-refractivity contribution in [2.24, 2.45) is 0 Å². The van der Waals surface area contributed by atoms with Gasteiger partial charge in [-0.1, -0.05) is 29.8 Å². The van der Waals surface area contributed by atoms with Gasteiger partial charge in [-0.2, -0.15) is 0 Å². The molecule has 5 nitrogen and oxygen atoms in total. The Morgan fingerprint density at radius 3 is 2.59 bits per heavy atom. The van der Waals surface area contributed by atoms with Gasteiger partial charge < -0.3 is 14.5 Å². The lowest BCUT2D eigenvalue weighted by Crippen LogP contribution is -2.55. The van der Waals surface area contributed by atoms with Gasteiger partial charge in [0.2, 0.25) is 0 Å². The minimum absolute atomic E-state index is 0.0878. The first-order valence-electron chi connectivity index (χ1n) is 10.3. The zero-order chi connectivity index (χ0) is 20.2. The van der Waals surface area contributed by atoms with Crippen LogP contribution in [-0.2, 0) is 0 Å². The number of nitrogens with zero attached hydrogens (tertiary/aromatic N) is 3. The highest BCUT2D eigenvalue weighted by molar-refractivity contribution is 6.30. The number of likely N-dealkylation sites (tertiary alicyclic amines) is 1. The van der Waals surface area contributed by atoms with Crippen molar-refractivity contribution >= 4 is 23.2 Å². The third-order valence-corrected chi connectivity index (χ3v) is 6.25. The Morgan fingerprint density at radius 2 is 1.83 bits per heavy atom. The van der Waals surface area contributed by atoms with Gasteiger partial charge in [0.1, 0.15) is 5.75 Å². The Labute approximate surface area is 177 Å². The molecule has 0 bridgehead atoms. The summed E-state index contributed by atoms with van der Waals surface area (Å²) in [6, 6.07) is 15.9. The SMILES string of the molecule is COc1ccccc1N1CCN([C@H]2CCCN(C(=O)c3cccc(Cl)c3)C2)CC1. The van der Waals surface area contributed by atoms with Crippen LogP contribution in [0.3, 0.4) is 0 Å². The molecule has 2 saturated heterocycles. The van der Waals surface area contributed by atoms with Crippen LogP contribution in [0.1, 0.15) is 23.2 Å². The second-order valence-electron chi connectivity index (χ2n) is 7.75. The Kier molecular flexibility index (Phi) is 6.26. The Balaban J connectivity index is 1.37. The van der Waals surface area contributed by atoms with Crippen molar-refractivity contribution in [3.05, 3.63) is 59.1 Å². The standard InChI is InChI=1S/C23H28ClN3O2/c1-29-22-10-3-2-9-21(22)26-14-12-25(13-15-26)20-8-5-11-27(17-20)23(28)18-6-4-7-19(24)16-18/h2-4,6-7,9-10,16,20H,5,8,11-15,17H2,1H3/t20-/m0/s1. The molecular formula is C23H28ClN3O2. The number of hydrogen-bond donors (Lipinski definition) is 0. The van der Waals surface area contributed by atoms with Gasteiger partial charge in [-0.25, -0.2) is 0 Å². The van der Waals surface area contributed by atoms with Crippen LogP contribution in [0.15, 0.2) is 48.5 Å². The predicted molar refractivity (Wildman–Crippen MR) is 117 cm³/mol. The summed E-state index contributed by atoms with van der Waals surface area (Å²) >= 11 is 6.07. The maximum absolute atomic E-state index is 12.9. The largest absolute Gasteiger partial charge is 0.495 e. The maximum atomic E-state index is 12.9. The molecule has 2 aromatic rings. The zero-order valence-corrected chi connectivity index (χ0v) is 17.6. The summed E-state index contributed by atoms with van der Waals surface area (Å²) in [5, 5.41) is 0.608. The topological polar surface area (TPSA) is 36.0 Å². The van der Waals surface area contributed by atoms with E-state index in [1.807, 2.05) is 29.2 Å². The van der Waals surface area contributed by atoms with E-state index in [0.29, 0.717) is 16.6 Å². The van der Waals surface area contributed by atoms with Crippen molar-refractivity contribution in [3.63, 3.8) is 0 Å². The number of piperazine rings is 1. The number of hydrogen-bond acceptors (Lipinski definition) is 4. The molecule has 0 unspecified atom stereocenters. The maximum Gasteiger partial charge on any atom is 0.253 e. The highest BCUT2D eigenvalue weighted by Gasteiger charge is 2.30. The number of rotatable bonds is 4. The molecule has 1 amide bonds. The summed E-state index contributed by atoms with van der Waals surface area (Å²) in [7, 11) is 1.72. The third kappa shape index (κ3) is 4.51. The summed E-state index contributed by atoms with van der Waals surface area (Å²) in [6.45, 7) is 5.56. The van der Waals surface area contributed by atoms with E-state index in [-0.39, 0.29) is 5.91 Å². The molecule has 1 atom stereocenters. The van der Waals surface area contributed by atoms with Crippen LogP contribution >= 0.6 is 11.6 Å². The number of ether oxygens (including phenoxy) is 1. The van der Waals surface area contributed by atoms with Crippen LogP contribution in [0, 0.1) is 0 Å². The molecule has 0 saturated carbocycles. The molecule has 0 N–H and O–H groups in total. The Bertz CT molecular complexity index is 852. The van der Waals surface area contributed by atoms with E-state index in [4.69, 9.17) is 16.3 Å². The number of carbonyl (C=O) groups excluding carboxylic acids is 1. The molecule has 2 heterocycles. The summed E-state index contributed by atoms with van der Waals surface area (Å²) in [6.07, 6.45) is 2.19. The normalized spacial score (nSPS) is 20.6. The number of piperidine rings is 1. The van der Waals surface area contributed by atoms with E-state index < -0.39 is 0 Å². The second kappa shape index (κ2) is 9.06. The van der Waals surface area contributed by atoms with Gasteiger partial charge in [0.15, 0.2) is 0 Å². The first-order chi connectivity index (χ1) is 14.2. The van der Waals surface area contributed by atoms with E-state index in [1.54, 1.807) is 19.2 Å². The molecule has 154 valence electrons. The van der Waals surface area contributed by atoms with Gasteiger partial charge in [-0.3, -0.25) is 9.69 Å². The number of methoxy groups -OCH3 is 1. The van der Waals surface area contributed by atoms with Crippen LogP contribution in [0.2, 0.25) is 5.02 Å². The van der Waals surface area contributed by atoms with Crippen molar-refractivity contribution < 1.29 is 9.53 Å². The van der Waals surface area contributed by atoms with E-state index in [9.17, 15) is 4.79 Å². The number of anilines is 1. The molecule has 2 aliphatic heterocycles. The van der Waals surface area contributed by atoms with Gasteiger partial charge in [0.25, 0.3) is 5.91 Å². The van der Waals surface area contributed by atoms with Crippen molar-refractivity contribution in [3.8, 4) is 5.75 Å². The van der Waals surface area contributed by atoms with Crippen LogP contribution in [0.4, 0.5) is 5.69 Å². The average Bonchev–Trinajstić information content (AvgIpc) is 2.79. The monoisotopic (exact) mass is 413 g/mol. The second-order valence-corrected chi connectivity index (χ2v) is 8.19. The smallest absolute Gasteiger partial charge is 0.253 e. The fraction of sp³-hybridized carbons (Fsp3) is 0.435. The molecule has 6 heteroatoms. The van der Waals surface area contributed by atoms with Gasteiger partial charge in [-0.15, -0.1) is 0 Å². The van der Waals surface area contributed by atoms with Crippen LogP contribution < -0.4 is 9.64 Å². The predicted octanol–water partition coefficient (Wildman–Crippen LogP) is 3.78. The molecule has 2 aliphatic rings. The molecule has 29 heavy (non-hydrogen) atoms. The molecule has 4 rings (SSSR count). The fourth-order valence-corrected chi connectivity index (χ4v) is 4.65. The Morgan fingerprint density at radius 1 is 1.03 bits per heavy atom. The van der Waals surface area contributed by atoms with Crippen LogP contribution in [-0.4, -0.2) is 68.1 Å². The minimum atomic E-state index is 0.0878. The highest BCUT2D eigenvalue weighted by Crippen LogP contribution is 2.29. The first kappa shape index (κ1) is 20.0. The number of benzene rings is 2. The summed E-state index contributed by atoms with van der Waals surface area (Å²) in [5.41, 5.74) is 1.84. The number of para-hydroxylation sites is 2. The summed E-state index contributed by atoms with van der Waals surface area (Å²) in [4.78, 5) is 19.8. The molecule has 0 radical (unpaired) electrons. The first-order valence-corrected chi connectivity index (χ1v) is 10.7. The van der Waals surface area contributed by atoms with Gasteiger partial charge in [0, 0.05) is 55.9 Å². The molecule has 0 aliphatic carbocycles. The van der Waals surface area contributed by atoms with Gasteiger partial charge in [0.05, 0.1) is 12.8 Å². The number of carbonyl (C=O) groups is 1. The zero-order valence-electron chi connectivity index (χ0n) is 16.9. The lowest BCUT2D eigenvalue weighted by Gasteiger charge is -2.44. The summed E-state index contributed by atoms with van der Waals surface area (Å²) in [5.74, 6) is 1.02. The lowest BCUT2D eigenvalue weighted by atomic mass is 10.0. The summed E-state index contributed by atoms with van der Waals surface area (Å²) < 4.78 is 5.52. The van der Waals surface area contributed by atoms with Crippen LogP contribution in [0.5, 0.6) is 5.75 Å². The lowest BCUT2D eigenvalue weighted by molar-refractivity contribution is 0.0563. The molecular weight excluding hydrogens is 386 g/mol. The molecule has 0 aromatic heterocycles. The van der Waals surface area contributed by atoms with E-state index in [0.717, 1.165) is 63.5 Å². The van der Waals surface area contributed by atoms with E-state index in [1.165, 1.54) is 0 Å². The Hall–Kier alpha value is -2.24. The minimum Gasteiger partial charge on any atom is -0.495 e. The highest BCUT2D eigenvalue weighted by atomic mass is 35.5. The van der Waals surface area contributed by atoms with Gasteiger partial charge in [-0.05, 0) is 43.2 Å². The molecule has 2 aromatic carbocycles. The molecule has 0 spiro atoms.